The van der Waals surface area contributed by atoms with Crippen molar-refractivity contribution in [3.8, 4) is 0 Å². The Kier molecular flexibility index (Phi) is 2.26. The average molecular weight is 264 g/mol. The first-order valence-electron chi connectivity index (χ1n) is 6.41. The molecule has 0 saturated heterocycles. The van der Waals surface area contributed by atoms with Crippen molar-refractivity contribution in [2.75, 3.05) is 5.32 Å². The minimum atomic E-state index is -0.231. The van der Waals surface area contributed by atoms with E-state index in [1.807, 2.05) is 42.5 Å². The maximum absolute atomic E-state index is 12.1. The molecule has 0 fully saturated rings. The molecule has 1 aromatic heterocycles. The summed E-state index contributed by atoms with van der Waals surface area (Å²) in [6.45, 7) is 0. The third-order valence-corrected chi connectivity index (χ3v) is 3.55. The van der Waals surface area contributed by atoms with Crippen LogP contribution in [0.3, 0.4) is 0 Å². The van der Waals surface area contributed by atoms with Gasteiger partial charge in [0.25, 0.3) is 5.91 Å². The summed E-state index contributed by atoms with van der Waals surface area (Å²) in [5, 5.41) is 14.3. The quantitative estimate of drug-likeness (QED) is 0.632. The minimum Gasteiger partial charge on any atom is -0.361 e. The number of hydrogen-bond donors (Lipinski definition) is 3. The first kappa shape index (κ1) is 11.0. The number of fused-ring (bicyclic) bond motifs is 2. The summed E-state index contributed by atoms with van der Waals surface area (Å²) in [6, 6.07) is 13.5. The van der Waals surface area contributed by atoms with Crippen molar-refractivity contribution in [1.82, 2.24) is 15.5 Å². The van der Waals surface area contributed by atoms with Gasteiger partial charge in [-0.3, -0.25) is 9.89 Å². The van der Waals surface area contributed by atoms with Gasteiger partial charge in [-0.1, -0.05) is 24.3 Å². The molecule has 3 aromatic rings. The van der Waals surface area contributed by atoms with Crippen molar-refractivity contribution >= 4 is 22.5 Å². The summed E-state index contributed by atoms with van der Waals surface area (Å²) in [5.41, 5.74) is 3.47. The molecule has 0 radical (unpaired) electrons. The number of rotatable bonds is 1. The van der Waals surface area contributed by atoms with E-state index in [1.54, 1.807) is 6.20 Å². The Bertz CT molecular complexity index is 808. The number of nitrogens with zero attached hydrogens (tertiary/aromatic N) is 1. The zero-order chi connectivity index (χ0) is 13.5. The first-order valence-corrected chi connectivity index (χ1v) is 6.41. The Labute approximate surface area is 115 Å². The highest BCUT2D eigenvalue weighted by atomic mass is 16.2. The van der Waals surface area contributed by atoms with Gasteiger partial charge in [-0.05, 0) is 23.8 Å². The van der Waals surface area contributed by atoms with Gasteiger partial charge < -0.3 is 10.6 Å². The van der Waals surface area contributed by atoms with Gasteiger partial charge in [-0.25, -0.2) is 0 Å². The van der Waals surface area contributed by atoms with Gasteiger partial charge in [-0.15, -0.1) is 0 Å². The number of amides is 1. The second-order valence-corrected chi connectivity index (χ2v) is 4.81. The van der Waals surface area contributed by atoms with Gasteiger partial charge in [0, 0.05) is 11.1 Å². The fourth-order valence-corrected chi connectivity index (χ4v) is 2.51. The molecular weight excluding hydrogens is 252 g/mol. The van der Waals surface area contributed by atoms with Crippen LogP contribution in [0.2, 0.25) is 0 Å². The predicted octanol–water partition coefficient (Wildman–Crippen LogP) is 2.42. The summed E-state index contributed by atoms with van der Waals surface area (Å²) >= 11 is 0. The van der Waals surface area contributed by atoms with Crippen LogP contribution in [-0.2, 0) is 0 Å². The molecule has 20 heavy (non-hydrogen) atoms. The number of aromatic amines is 1. The largest absolute Gasteiger partial charge is 0.361 e. The number of aromatic nitrogens is 2. The molecule has 5 heteroatoms. The van der Waals surface area contributed by atoms with Crippen LogP contribution in [0.1, 0.15) is 22.1 Å². The zero-order valence-electron chi connectivity index (χ0n) is 10.6. The lowest BCUT2D eigenvalue weighted by atomic mass is 10.0. The molecule has 1 aliphatic rings. The fraction of sp³-hybridized carbons (Fsp3) is 0.0667. The highest BCUT2D eigenvalue weighted by molar-refractivity contribution is 6.01. The third kappa shape index (κ3) is 1.64. The predicted molar refractivity (Wildman–Crippen MR) is 76.4 cm³/mol. The Morgan fingerprint density at radius 1 is 1.05 bits per heavy atom. The maximum Gasteiger partial charge on any atom is 0.255 e. The molecule has 1 aliphatic heterocycles. The van der Waals surface area contributed by atoms with E-state index in [9.17, 15) is 4.79 Å². The average Bonchev–Trinajstić information content (AvgIpc) is 2.94. The SMILES string of the molecule is O=C1NC(c2ccc3cn[nH]c3c2)Nc2ccccc21. The molecule has 0 spiro atoms. The molecule has 2 heterocycles. The van der Waals surface area contributed by atoms with Crippen LogP contribution in [0.4, 0.5) is 5.69 Å². The van der Waals surface area contributed by atoms with Crippen molar-refractivity contribution in [3.63, 3.8) is 0 Å². The molecule has 98 valence electrons. The summed E-state index contributed by atoms with van der Waals surface area (Å²) in [6.07, 6.45) is 1.55. The molecule has 5 nitrogen and oxygen atoms in total. The topological polar surface area (TPSA) is 69.8 Å². The highest BCUT2D eigenvalue weighted by Gasteiger charge is 2.24. The van der Waals surface area contributed by atoms with Crippen LogP contribution in [0.5, 0.6) is 0 Å². The van der Waals surface area contributed by atoms with Crippen LogP contribution >= 0.6 is 0 Å². The highest BCUT2D eigenvalue weighted by Crippen LogP contribution is 2.27. The molecule has 1 atom stereocenters. The Balaban J connectivity index is 1.75. The second kappa shape index (κ2) is 4.09. The number of anilines is 1. The van der Waals surface area contributed by atoms with Gasteiger partial charge in [0.2, 0.25) is 0 Å². The molecular formula is C15H12N4O. The number of para-hydroxylation sites is 1. The molecule has 0 saturated carbocycles. The van der Waals surface area contributed by atoms with Crippen LogP contribution in [0.25, 0.3) is 10.9 Å². The van der Waals surface area contributed by atoms with Crippen molar-refractivity contribution in [2.24, 2.45) is 0 Å². The van der Waals surface area contributed by atoms with E-state index in [4.69, 9.17) is 0 Å². The number of benzene rings is 2. The van der Waals surface area contributed by atoms with E-state index in [2.05, 4.69) is 20.8 Å². The van der Waals surface area contributed by atoms with Crippen molar-refractivity contribution in [3.05, 3.63) is 59.8 Å². The van der Waals surface area contributed by atoms with E-state index >= 15 is 0 Å². The van der Waals surface area contributed by atoms with Crippen LogP contribution in [0.15, 0.2) is 48.7 Å². The van der Waals surface area contributed by atoms with Gasteiger partial charge in [-0.2, -0.15) is 5.10 Å². The van der Waals surface area contributed by atoms with Gasteiger partial charge in [0.05, 0.1) is 17.3 Å². The van der Waals surface area contributed by atoms with Gasteiger partial charge in [0.15, 0.2) is 0 Å². The Morgan fingerprint density at radius 3 is 2.90 bits per heavy atom. The number of carbonyl (C=O) groups is 1. The lowest BCUT2D eigenvalue weighted by Gasteiger charge is -2.28. The summed E-state index contributed by atoms with van der Waals surface area (Å²) in [4.78, 5) is 12.1. The fourth-order valence-electron chi connectivity index (χ4n) is 2.51. The van der Waals surface area contributed by atoms with E-state index in [0.29, 0.717) is 5.56 Å². The smallest absolute Gasteiger partial charge is 0.255 e. The number of nitrogens with one attached hydrogen (secondary N) is 3. The molecule has 2 aromatic carbocycles. The molecule has 3 N–H and O–H groups in total. The second-order valence-electron chi connectivity index (χ2n) is 4.81. The van der Waals surface area contributed by atoms with Crippen LogP contribution < -0.4 is 10.6 Å². The summed E-state index contributed by atoms with van der Waals surface area (Å²) < 4.78 is 0. The van der Waals surface area contributed by atoms with Gasteiger partial charge in [0.1, 0.15) is 6.17 Å². The van der Waals surface area contributed by atoms with E-state index in [1.165, 1.54) is 0 Å². The van der Waals surface area contributed by atoms with E-state index in [0.717, 1.165) is 22.2 Å². The van der Waals surface area contributed by atoms with Crippen molar-refractivity contribution in [1.29, 1.82) is 0 Å². The normalized spacial score (nSPS) is 17.4. The van der Waals surface area contributed by atoms with Crippen molar-refractivity contribution < 1.29 is 4.79 Å². The molecule has 0 bridgehead atoms. The number of hydrogen-bond acceptors (Lipinski definition) is 3. The minimum absolute atomic E-state index is 0.0611. The summed E-state index contributed by atoms with van der Waals surface area (Å²) in [5.74, 6) is -0.0611. The first-order chi connectivity index (χ1) is 9.81. The molecule has 0 aliphatic carbocycles. The standard InChI is InChI=1S/C15H12N4O/c20-15-11-3-1-2-4-12(11)17-14(18-15)9-5-6-10-8-16-19-13(10)7-9/h1-8,14,17H,(H,16,19)(H,18,20). The van der Waals surface area contributed by atoms with Crippen LogP contribution in [0, 0.1) is 0 Å². The van der Waals surface area contributed by atoms with E-state index in [-0.39, 0.29) is 12.1 Å². The van der Waals surface area contributed by atoms with Crippen molar-refractivity contribution in [2.45, 2.75) is 6.17 Å². The zero-order valence-corrected chi connectivity index (χ0v) is 10.6. The lowest BCUT2D eigenvalue weighted by Crippen LogP contribution is -2.38. The molecule has 1 amide bonds. The Morgan fingerprint density at radius 2 is 1.95 bits per heavy atom. The van der Waals surface area contributed by atoms with Crippen LogP contribution in [-0.4, -0.2) is 16.1 Å². The maximum atomic E-state index is 12.1. The molecule has 4 rings (SSSR count). The van der Waals surface area contributed by atoms with E-state index < -0.39 is 0 Å². The number of carbonyl (C=O) groups excluding carboxylic acids is 1. The Hall–Kier alpha value is -2.82. The third-order valence-electron chi connectivity index (χ3n) is 3.55. The van der Waals surface area contributed by atoms with Gasteiger partial charge >= 0.3 is 0 Å². The monoisotopic (exact) mass is 264 g/mol. The lowest BCUT2D eigenvalue weighted by molar-refractivity contribution is 0.0935. The summed E-state index contributed by atoms with van der Waals surface area (Å²) in [7, 11) is 0. The number of H-pyrrole nitrogens is 1. The molecule has 1 unspecified atom stereocenters.